The Balaban J connectivity index is 1.52. The number of amides is 1. The number of likely N-dealkylation sites (tertiary alicyclic amines) is 1. The molecule has 1 amide bonds. The van der Waals surface area contributed by atoms with Crippen LogP contribution in [0.1, 0.15) is 38.2 Å². The summed E-state index contributed by atoms with van der Waals surface area (Å²) in [6.07, 6.45) is 2.33. The van der Waals surface area contributed by atoms with Gasteiger partial charge in [0.05, 0.1) is 5.52 Å². The minimum absolute atomic E-state index is 0.0553. The molecule has 25 heavy (non-hydrogen) atoms. The average molecular weight is 346 g/mol. The van der Waals surface area contributed by atoms with E-state index in [1.165, 1.54) is 31.3 Å². The second-order valence-electron chi connectivity index (χ2n) is 7.18. The lowest BCUT2D eigenvalue weighted by Gasteiger charge is -2.22. The lowest BCUT2D eigenvalue weighted by atomic mass is 10.1. The quantitative estimate of drug-likeness (QED) is 0.922. The van der Waals surface area contributed by atoms with Gasteiger partial charge in [-0.25, -0.2) is 18.7 Å². The molecule has 1 atom stereocenters. The van der Waals surface area contributed by atoms with Gasteiger partial charge in [-0.1, -0.05) is 6.07 Å². The molecule has 132 valence electrons. The number of halogens is 2. The fourth-order valence-electron chi connectivity index (χ4n) is 3.57. The normalized spacial score (nSPS) is 19.6. The highest BCUT2D eigenvalue weighted by Crippen LogP contribution is 2.52. The number of nitrogens with one attached hydrogen (secondary N) is 1. The third kappa shape index (κ3) is 3.03. The molecule has 4 rings (SSSR count). The van der Waals surface area contributed by atoms with Crippen LogP contribution in [0.25, 0.3) is 10.9 Å². The molecule has 1 saturated carbocycles. The van der Waals surface area contributed by atoms with Crippen LogP contribution in [-0.2, 0) is 4.79 Å². The van der Waals surface area contributed by atoms with Crippen molar-refractivity contribution in [2.24, 2.45) is 5.41 Å². The van der Waals surface area contributed by atoms with Crippen LogP contribution in [0.3, 0.4) is 0 Å². The van der Waals surface area contributed by atoms with Gasteiger partial charge in [0.1, 0.15) is 18.2 Å². The first-order valence-corrected chi connectivity index (χ1v) is 8.56. The van der Waals surface area contributed by atoms with E-state index in [9.17, 15) is 13.6 Å². The predicted octanol–water partition coefficient (Wildman–Crippen LogP) is 3.38. The molecule has 1 N–H and O–H groups in total. The zero-order chi connectivity index (χ0) is 17.6. The Morgan fingerprint density at radius 3 is 2.76 bits per heavy atom. The number of carbonyl (C=O) groups excluding carboxylic acids is 1. The van der Waals surface area contributed by atoms with Gasteiger partial charge in [-0.15, -0.1) is 0 Å². The molecule has 2 aromatic rings. The molecule has 0 unspecified atom stereocenters. The minimum atomic E-state index is -2.54. The highest BCUT2D eigenvalue weighted by molar-refractivity contribution is 5.92. The Morgan fingerprint density at radius 2 is 2.08 bits per heavy atom. The van der Waals surface area contributed by atoms with Crippen LogP contribution < -0.4 is 5.32 Å². The van der Waals surface area contributed by atoms with Gasteiger partial charge in [-0.3, -0.25) is 4.79 Å². The molecule has 1 aromatic heterocycles. The molecule has 0 bridgehead atoms. The Bertz CT molecular complexity index is 822. The molecular formula is C18H20F2N4O. The van der Waals surface area contributed by atoms with Crippen LogP contribution in [-0.4, -0.2) is 39.9 Å². The zero-order valence-electron chi connectivity index (χ0n) is 14.0. The van der Waals surface area contributed by atoms with E-state index < -0.39 is 12.5 Å². The predicted molar refractivity (Wildman–Crippen MR) is 90.4 cm³/mol. The number of benzene rings is 1. The van der Waals surface area contributed by atoms with E-state index in [-0.39, 0.29) is 11.5 Å². The Morgan fingerprint density at radius 1 is 1.28 bits per heavy atom. The average Bonchev–Trinajstić information content (AvgIpc) is 3.23. The van der Waals surface area contributed by atoms with Gasteiger partial charge in [-0.05, 0) is 43.7 Å². The van der Waals surface area contributed by atoms with Crippen molar-refractivity contribution >= 4 is 22.6 Å². The number of hydrogen-bond acceptors (Lipinski definition) is 4. The summed E-state index contributed by atoms with van der Waals surface area (Å²) in [5.41, 5.74) is 0.754. The number of rotatable bonds is 4. The third-order valence-corrected chi connectivity index (χ3v) is 5.34. The molecule has 1 aliphatic carbocycles. The second kappa shape index (κ2) is 5.89. The monoisotopic (exact) mass is 346 g/mol. The first-order chi connectivity index (χ1) is 12.0. The number of aromatic nitrogens is 2. The molecule has 5 nitrogen and oxygen atoms in total. The summed E-state index contributed by atoms with van der Waals surface area (Å²) in [6.45, 7) is 3.47. The fourth-order valence-corrected chi connectivity index (χ4v) is 3.57. The van der Waals surface area contributed by atoms with Gasteiger partial charge in [0.2, 0.25) is 5.91 Å². The summed E-state index contributed by atoms with van der Waals surface area (Å²) in [6, 6.07) is 3.87. The van der Waals surface area contributed by atoms with Gasteiger partial charge in [0.15, 0.2) is 0 Å². The minimum Gasteiger partial charge on any atom is -0.358 e. The number of nitrogens with zero attached hydrogens (tertiary/aromatic N) is 3. The lowest BCUT2D eigenvalue weighted by Crippen LogP contribution is -2.40. The standard InChI is InChI=1S/C18H20F2N4O/c1-11(17(25)24-7-6-18(9-24)4-5-18)23-16-13-3-2-12(15(19)20)8-14(13)21-10-22-16/h2-3,8,10-11,15H,4-7,9H2,1H3,(H,21,22,23)/t11-/m1/s1. The van der Waals surface area contributed by atoms with Gasteiger partial charge in [0, 0.05) is 24.0 Å². The van der Waals surface area contributed by atoms with Gasteiger partial charge in [-0.2, -0.15) is 0 Å². The molecule has 1 aromatic carbocycles. The maximum absolute atomic E-state index is 12.8. The Hall–Kier alpha value is -2.31. The van der Waals surface area contributed by atoms with Crippen molar-refractivity contribution in [1.29, 1.82) is 0 Å². The first-order valence-electron chi connectivity index (χ1n) is 8.56. The Kier molecular flexibility index (Phi) is 3.81. The van der Waals surface area contributed by atoms with E-state index in [1.807, 2.05) is 11.8 Å². The molecule has 0 radical (unpaired) electrons. The molecule has 7 heteroatoms. The molecule has 2 heterocycles. The van der Waals surface area contributed by atoms with Gasteiger partial charge in [0.25, 0.3) is 6.43 Å². The van der Waals surface area contributed by atoms with E-state index in [0.29, 0.717) is 22.1 Å². The van der Waals surface area contributed by atoms with Crippen molar-refractivity contribution in [2.75, 3.05) is 18.4 Å². The van der Waals surface area contributed by atoms with E-state index in [0.717, 1.165) is 19.5 Å². The van der Waals surface area contributed by atoms with E-state index in [1.54, 1.807) is 6.07 Å². The van der Waals surface area contributed by atoms with Crippen LogP contribution in [0.4, 0.5) is 14.6 Å². The van der Waals surface area contributed by atoms with Crippen LogP contribution >= 0.6 is 0 Å². The molecule has 1 saturated heterocycles. The van der Waals surface area contributed by atoms with E-state index in [2.05, 4.69) is 15.3 Å². The molecule has 2 aliphatic rings. The summed E-state index contributed by atoms with van der Waals surface area (Å²) in [7, 11) is 0. The molecule has 1 spiro atoms. The van der Waals surface area contributed by atoms with Crippen molar-refractivity contribution in [3.05, 3.63) is 30.1 Å². The van der Waals surface area contributed by atoms with Gasteiger partial charge >= 0.3 is 0 Å². The number of anilines is 1. The largest absolute Gasteiger partial charge is 0.358 e. The summed E-state index contributed by atoms with van der Waals surface area (Å²) in [5, 5.41) is 3.76. The van der Waals surface area contributed by atoms with Crippen LogP contribution in [0.5, 0.6) is 0 Å². The molecular weight excluding hydrogens is 326 g/mol. The lowest BCUT2D eigenvalue weighted by molar-refractivity contribution is -0.130. The first kappa shape index (κ1) is 16.2. The SMILES string of the molecule is C[C@@H](Nc1ncnc2cc(C(F)F)ccc12)C(=O)N1CCC2(CC2)C1. The summed E-state index contributed by atoms with van der Waals surface area (Å²) in [5.74, 6) is 0.548. The number of alkyl halides is 2. The zero-order valence-corrected chi connectivity index (χ0v) is 14.0. The van der Waals surface area contributed by atoms with Crippen molar-refractivity contribution < 1.29 is 13.6 Å². The van der Waals surface area contributed by atoms with Crippen molar-refractivity contribution in [2.45, 2.75) is 38.7 Å². The fraction of sp³-hybridized carbons (Fsp3) is 0.500. The number of fused-ring (bicyclic) bond motifs is 1. The van der Waals surface area contributed by atoms with Crippen LogP contribution in [0, 0.1) is 5.41 Å². The molecule has 2 fully saturated rings. The maximum Gasteiger partial charge on any atom is 0.263 e. The summed E-state index contributed by atoms with van der Waals surface area (Å²) in [4.78, 5) is 22.8. The van der Waals surface area contributed by atoms with E-state index in [4.69, 9.17) is 0 Å². The Labute approximate surface area is 144 Å². The van der Waals surface area contributed by atoms with E-state index >= 15 is 0 Å². The molecule has 1 aliphatic heterocycles. The van der Waals surface area contributed by atoms with Crippen LogP contribution in [0.15, 0.2) is 24.5 Å². The third-order valence-electron chi connectivity index (χ3n) is 5.34. The van der Waals surface area contributed by atoms with Crippen molar-refractivity contribution in [3.63, 3.8) is 0 Å². The van der Waals surface area contributed by atoms with Gasteiger partial charge < -0.3 is 10.2 Å². The second-order valence-corrected chi connectivity index (χ2v) is 7.18. The topological polar surface area (TPSA) is 58.1 Å². The van der Waals surface area contributed by atoms with Crippen LogP contribution in [0.2, 0.25) is 0 Å². The highest BCUT2D eigenvalue weighted by Gasteiger charge is 2.49. The highest BCUT2D eigenvalue weighted by atomic mass is 19.3. The summed E-state index contributed by atoms with van der Waals surface area (Å²) < 4.78 is 25.7. The maximum atomic E-state index is 12.8. The summed E-state index contributed by atoms with van der Waals surface area (Å²) >= 11 is 0. The van der Waals surface area contributed by atoms with Crippen molar-refractivity contribution in [3.8, 4) is 0 Å². The number of carbonyl (C=O) groups is 1. The smallest absolute Gasteiger partial charge is 0.263 e. The van der Waals surface area contributed by atoms with Crippen molar-refractivity contribution in [1.82, 2.24) is 14.9 Å². The number of hydrogen-bond donors (Lipinski definition) is 1.